The monoisotopic (exact) mass is 350 g/mol. The van der Waals surface area contributed by atoms with Gasteiger partial charge in [-0.2, -0.15) is 5.10 Å². The van der Waals surface area contributed by atoms with E-state index >= 15 is 0 Å². The summed E-state index contributed by atoms with van der Waals surface area (Å²) in [5.74, 6) is 0.404. The molecular weight excluding hydrogens is 335 g/mol. The van der Waals surface area contributed by atoms with Gasteiger partial charge in [-0.1, -0.05) is 48.7 Å². The van der Waals surface area contributed by atoms with Crippen LogP contribution < -0.4 is 10.2 Å². The largest absolute Gasteiger partial charge is 0.482 e. The van der Waals surface area contributed by atoms with Crippen molar-refractivity contribution in [3.05, 3.63) is 27.2 Å². The minimum absolute atomic E-state index is 0.212. The van der Waals surface area contributed by atoms with Crippen LogP contribution in [0.15, 0.2) is 17.2 Å². The second-order valence-electron chi connectivity index (χ2n) is 4.97. The Morgan fingerprint density at radius 2 is 1.86 bits per heavy atom. The number of hydrogen-bond acceptors (Lipinski definition) is 3. The third-order valence-corrected chi connectivity index (χ3v) is 3.43. The van der Waals surface area contributed by atoms with E-state index in [1.807, 2.05) is 6.92 Å². The van der Waals surface area contributed by atoms with Gasteiger partial charge in [0.1, 0.15) is 5.75 Å². The molecule has 0 aromatic heterocycles. The first kappa shape index (κ1) is 18.1. The minimum Gasteiger partial charge on any atom is -0.482 e. The van der Waals surface area contributed by atoms with Gasteiger partial charge in [0.15, 0.2) is 6.61 Å². The first-order chi connectivity index (χ1) is 9.79. The normalized spacial score (nSPS) is 11.7. The molecule has 0 radical (unpaired) electrons. The number of benzene rings is 1. The third-order valence-electron chi connectivity index (χ3n) is 2.41. The summed E-state index contributed by atoms with van der Waals surface area (Å²) >= 11 is 17.6. The van der Waals surface area contributed by atoms with Crippen LogP contribution in [-0.4, -0.2) is 18.2 Å². The average Bonchev–Trinajstić information content (AvgIpc) is 2.38. The maximum atomic E-state index is 11.6. The minimum atomic E-state index is -0.375. The highest BCUT2D eigenvalue weighted by molar-refractivity contribution is 6.43. The molecule has 4 nitrogen and oxygen atoms in total. The molecule has 1 amide bonds. The Bertz CT molecular complexity index is 545. The molecule has 0 spiro atoms. The molecule has 0 heterocycles. The molecule has 0 aliphatic carbocycles. The number of carbonyl (C=O) groups is 1. The maximum Gasteiger partial charge on any atom is 0.277 e. The molecule has 1 aromatic rings. The zero-order valence-corrected chi connectivity index (χ0v) is 14.3. The molecule has 0 saturated heterocycles. The highest BCUT2D eigenvalue weighted by atomic mass is 35.5. The number of nitrogens with zero attached hydrogens (tertiary/aromatic N) is 1. The second kappa shape index (κ2) is 8.47. The lowest BCUT2D eigenvalue weighted by Gasteiger charge is -2.09. The van der Waals surface area contributed by atoms with Crippen molar-refractivity contribution in [2.24, 2.45) is 11.0 Å². The average molecular weight is 352 g/mol. The van der Waals surface area contributed by atoms with Crippen molar-refractivity contribution < 1.29 is 9.53 Å². The first-order valence-electron chi connectivity index (χ1n) is 6.39. The van der Waals surface area contributed by atoms with E-state index in [0.717, 1.165) is 12.1 Å². The van der Waals surface area contributed by atoms with Gasteiger partial charge < -0.3 is 4.74 Å². The number of nitrogens with one attached hydrogen (secondary N) is 1. The van der Waals surface area contributed by atoms with Gasteiger partial charge in [0.25, 0.3) is 5.91 Å². The van der Waals surface area contributed by atoms with Crippen molar-refractivity contribution in [3.63, 3.8) is 0 Å². The van der Waals surface area contributed by atoms with E-state index in [-0.39, 0.29) is 17.5 Å². The molecule has 116 valence electrons. The number of rotatable bonds is 6. The predicted octanol–water partition coefficient (Wildman–Crippen LogP) is 4.56. The Kier molecular flexibility index (Phi) is 7.29. The van der Waals surface area contributed by atoms with Gasteiger partial charge >= 0.3 is 0 Å². The molecule has 0 aliphatic rings. The van der Waals surface area contributed by atoms with Crippen molar-refractivity contribution in [2.75, 3.05) is 6.61 Å². The van der Waals surface area contributed by atoms with E-state index in [1.54, 1.807) is 0 Å². The summed E-state index contributed by atoms with van der Waals surface area (Å²) in [6.07, 6.45) is 0.819. The van der Waals surface area contributed by atoms with Gasteiger partial charge in [-0.3, -0.25) is 4.79 Å². The smallest absolute Gasteiger partial charge is 0.277 e. The number of ether oxygens (including phenoxy) is 1. The summed E-state index contributed by atoms with van der Waals surface area (Å²) in [5.41, 5.74) is 3.28. The fourth-order valence-corrected chi connectivity index (χ4v) is 2.18. The second-order valence-corrected chi connectivity index (χ2v) is 6.19. The van der Waals surface area contributed by atoms with Crippen LogP contribution in [0, 0.1) is 5.92 Å². The maximum absolute atomic E-state index is 11.6. The van der Waals surface area contributed by atoms with E-state index in [0.29, 0.717) is 21.7 Å². The molecule has 1 aromatic carbocycles. The molecule has 0 atom stereocenters. The molecular formula is C14H17Cl3N2O2. The van der Waals surface area contributed by atoms with Gasteiger partial charge in [0, 0.05) is 11.8 Å². The van der Waals surface area contributed by atoms with Crippen LogP contribution in [0.5, 0.6) is 5.75 Å². The summed E-state index contributed by atoms with van der Waals surface area (Å²) in [5, 5.41) is 4.91. The number of hydrazone groups is 1. The van der Waals surface area contributed by atoms with Crippen molar-refractivity contribution in [1.82, 2.24) is 5.43 Å². The van der Waals surface area contributed by atoms with Crippen molar-refractivity contribution in [2.45, 2.75) is 27.2 Å². The van der Waals surface area contributed by atoms with Gasteiger partial charge in [-0.25, -0.2) is 5.43 Å². The lowest BCUT2D eigenvalue weighted by molar-refractivity contribution is -0.123. The molecule has 1 rings (SSSR count). The topological polar surface area (TPSA) is 50.7 Å². The van der Waals surface area contributed by atoms with Crippen LogP contribution in [0.2, 0.25) is 15.1 Å². The lowest BCUT2D eigenvalue weighted by Crippen LogP contribution is -2.25. The summed E-state index contributed by atoms with van der Waals surface area (Å²) in [6, 6.07) is 2.93. The summed E-state index contributed by atoms with van der Waals surface area (Å²) in [7, 11) is 0. The predicted molar refractivity (Wildman–Crippen MR) is 87.7 cm³/mol. The third kappa shape index (κ3) is 6.55. The lowest BCUT2D eigenvalue weighted by atomic mass is 10.1. The zero-order chi connectivity index (χ0) is 16.0. The van der Waals surface area contributed by atoms with Gasteiger partial charge in [-0.05, 0) is 25.3 Å². The van der Waals surface area contributed by atoms with Gasteiger partial charge in [0.2, 0.25) is 0 Å². The number of amides is 1. The first-order valence-corrected chi connectivity index (χ1v) is 7.52. The Morgan fingerprint density at radius 1 is 1.24 bits per heavy atom. The summed E-state index contributed by atoms with van der Waals surface area (Å²) in [4.78, 5) is 11.6. The van der Waals surface area contributed by atoms with Crippen LogP contribution in [0.4, 0.5) is 0 Å². The van der Waals surface area contributed by atoms with Crippen molar-refractivity contribution in [1.29, 1.82) is 0 Å². The Labute approximate surface area is 139 Å². The summed E-state index contributed by atoms with van der Waals surface area (Å²) in [6.45, 7) is 5.81. The van der Waals surface area contributed by atoms with Crippen LogP contribution in [0.1, 0.15) is 27.2 Å². The fraction of sp³-hybridized carbons (Fsp3) is 0.429. The summed E-state index contributed by atoms with van der Waals surface area (Å²) < 4.78 is 5.29. The van der Waals surface area contributed by atoms with Gasteiger partial charge in [-0.15, -0.1) is 0 Å². The highest BCUT2D eigenvalue weighted by Crippen LogP contribution is 2.33. The standard InChI is InChI=1S/C14H17Cl3N2O2/c1-8(2)4-9(3)18-19-14(20)7-21-13-6-11(16)10(15)5-12(13)17/h5-6,8H,4,7H2,1-3H3,(H,19,20). The van der Waals surface area contributed by atoms with E-state index < -0.39 is 0 Å². The molecule has 0 bridgehead atoms. The Hall–Kier alpha value is -0.970. The molecule has 1 N–H and O–H groups in total. The van der Waals surface area contributed by atoms with Crippen LogP contribution in [0.3, 0.4) is 0 Å². The van der Waals surface area contributed by atoms with Crippen LogP contribution in [-0.2, 0) is 4.79 Å². The van der Waals surface area contributed by atoms with Crippen LogP contribution >= 0.6 is 34.8 Å². The Morgan fingerprint density at radius 3 is 2.48 bits per heavy atom. The van der Waals surface area contributed by atoms with Crippen molar-refractivity contribution in [3.8, 4) is 5.75 Å². The quantitative estimate of drug-likeness (QED) is 0.464. The molecule has 21 heavy (non-hydrogen) atoms. The van der Waals surface area contributed by atoms with Crippen LogP contribution in [0.25, 0.3) is 0 Å². The number of halogens is 3. The Balaban J connectivity index is 2.52. The van der Waals surface area contributed by atoms with E-state index in [1.165, 1.54) is 12.1 Å². The van der Waals surface area contributed by atoms with Crippen molar-refractivity contribution >= 4 is 46.4 Å². The fourth-order valence-electron chi connectivity index (χ4n) is 1.58. The molecule has 0 unspecified atom stereocenters. The van der Waals surface area contributed by atoms with E-state index in [4.69, 9.17) is 39.5 Å². The molecule has 0 aliphatic heterocycles. The van der Waals surface area contributed by atoms with E-state index in [9.17, 15) is 4.79 Å². The zero-order valence-electron chi connectivity index (χ0n) is 12.0. The molecule has 0 saturated carbocycles. The number of hydrogen-bond donors (Lipinski definition) is 1. The SMILES string of the molecule is CC(CC(C)C)=NNC(=O)COc1cc(Cl)c(Cl)cc1Cl. The molecule has 7 heteroatoms. The highest BCUT2D eigenvalue weighted by Gasteiger charge is 2.09. The molecule has 0 fully saturated rings. The number of carbonyl (C=O) groups excluding carboxylic acids is 1. The van der Waals surface area contributed by atoms with Gasteiger partial charge in [0.05, 0.1) is 15.1 Å². The van der Waals surface area contributed by atoms with E-state index in [2.05, 4.69) is 24.4 Å².